The Bertz CT molecular complexity index is 634. The van der Waals surface area contributed by atoms with Gasteiger partial charge in [0, 0.05) is 79.3 Å². The molecule has 0 unspecified atom stereocenters. The van der Waals surface area contributed by atoms with Gasteiger partial charge in [-0.1, -0.05) is 25.1 Å². The lowest BCUT2D eigenvalue weighted by Gasteiger charge is -2.37. The molecule has 2 heterocycles. The summed E-state index contributed by atoms with van der Waals surface area (Å²) in [5, 5.41) is 3.31. The van der Waals surface area contributed by atoms with Crippen LogP contribution in [-0.2, 0) is 10.8 Å². The number of para-hydroxylation sites is 1. The molecule has 1 N–H and O–H groups in total. The summed E-state index contributed by atoms with van der Waals surface area (Å²) in [6.07, 6.45) is 0.815. The molecule has 27 heavy (non-hydrogen) atoms. The number of urea groups is 1. The van der Waals surface area contributed by atoms with Gasteiger partial charge in [-0.25, -0.2) is 4.79 Å². The van der Waals surface area contributed by atoms with Crippen molar-refractivity contribution in [1.82, 2.24) is 15.1 Å². The largest absolute Gasteiger partial charge is 0.369 e. The lowest BCUT2D eigenvalue weighted by molar-refractivity contribution is 0.188. The quantitative estimate of drug-likeness (QED) is 0.848. The van der Waals surface area contributed by atoms with Gasteiger partial charge in [0.25, 0.3) is 0 Å². The number of hydrogen-bond donors (Lipinski definition) is 1. The highest BCUT2D eigenvalue weighted by Crippen LogP contribution is 2.15. The SMILES string of the molecule is C[C@H](CN1CCN(c2ccccc2)CC1)NC(=O)N1CC[C@@H](C)[S@](=O)CC1. The molecule has 2 aliphatic heterocycles. The van der Waals surface area contributed by atoms with Gasteiger partial charge in [-0.05, 0) is 25.5 Å². The molecule has 1 aromatic rings. The second-order valence-corrected chi connectivity index (χ2v) is 9.62. The van der Waals surface area contributed by atoms with Gasteiger partial charge in [0.2, 0.25) is 0 Å². The first kappa shape index (κ1) is 20.1. The van der Waals surface area contributed by atoms with Gasteiger partial charge in [0.1, 0.15) is 0 Å². The first-order chi connectivity index (χ1) is 13.0. The third-order valence-corrected chi connectivity index (χ3v) is 7.22. The number of nitrogens with zero attached hydrogens (tertiary/aromatic N) is 3. The summed E-state index contributed by atoms with van der Waals surface area (Å²) in [6, 6.07) is 10.6. The van der Waals surface area contributed by atoms with Crippen molar-refractivity contribution in [2.45, 2.75) is 31.6 Å². The van der Waals surface area contributed by atoms with Crippen molar-refractivity contribution in [1.29, 1.82) is 0 Å². The maximum atomic E-state index is 12.5. The molecule has 3 atom stereocenters. The molecular formula is C20H32N4O2S. The van der Waals surface area contributed by atoms with Gasteiger partial charge in [0.05, 0.1) is 0 Å². The molecule has 3 rings (SSSR count). The topological polar surface area (TPSA) is 55.9 Å². The average Bonchev–Trinajstić information content (AvgIpc) is 2.84. The Kier molecular flexibility index (Phi) is 7.13. The molecule has 0 spiro atoms. The minimum absolute atomic E-state index is 0.0171. The molecule has 1 aromatic carbocycles. The van der Waals surface area contributed by atoms with Gasteiger partial charge in [-0.3, -0.25) is 9.11 Å². The monoisotopic (exact) mass is 392 g/mol. The van der Waals surface area contributed by atoms with Crippen LogP contribution in [0, 0.1) is 0 Å². The molecule has 0 radical (unpaired) electrons. The van der Waals surface area contributed by atoms with E-state index in [4.69, 9.17) is 0 Å². The Labute approximate surface area is 165 Å². The third kappa shape index (κ3) is 5.69. The van der Waals surface area contributed by atoms with E-state index >= 15 is 0 Å². The number of rotatable bonds is 4. The summed E-state index contributed by atoms with van der Waals surface area (Å²) in [5.41, 5.74) is 1.28. The van der Waals surface area contributed by atoms with Crippen molar-refractivity contribution in [2.75, 3.05) is 56.5 Å². The Balaban J connectivity index is 1.41. The molecule has 6 nitrogen and oxygen atoms in total. The van der Waals surface area contributed by atoms with E-state index in [1.807, 2.05) is 17.9 Å². The van der Waals surface area contributed by atoms with Crippen molar-refractivity contribution < 1.29 is 9.00 Å². The highest BCUT2D eigenvalue weighted by Gasteiger charge is 2.24. The predicted octanol–water partition coefficient (Wildman–Crippen LogP) is 1.75. The van der Waals surface area contributed by atoms with Crippen LogP contribution in [0.5, 0.6) is 0 Å². The summed E-state index contributed by atoms with van der Waals surface area (Å²) >= 11 is 0. The maximum absolute atomic E-state index is 12.5. The number of piperazine rings is 1. The fourth-order valence-electron chi connectivity index (χ4n) is 3.75. The molecule has 150 valence electrons. The molecule has 2 amide bonds. The normalized spacial score (nSPS) is 25.7. The van der Waals surface area contributed by atoms with Crippen LogP contribution >= 0.6 is 0 Å². The molecule has 0 aliphatic carbocycles. The zero-order valence-electron chi connectivity index (χ0n) is 16.5. The second kappa shape index (κ2) is 9.55. The number of nitrogens with one attached hydrogen (secondary N) is 1. The lowest BCUT2D eigenvalue weighted by atomic mass is 10.2. The third-order valence-electron chi connectivity index (χ3n) is 5.50. The van der Waals surface area contributed by atoms with E-state index in [-0.39, 0.29) is 17.3 Å². The van der Waals surface area contributed by atoms with Crippen LogP contribution < -0.4 is 10.2 Å². The summed E-state index contributed by atoms with van der Waals surface area (Å²) < 4.78 is 11.9. The van der Waals surface area contributed by atoms with E-state index in [1.54, 1.807) is 0 Å². The first-order valence-electron chi connectivity index (χ1n) is 9.98. The molecule has 7 heteroatoms. The van der Waals surface area contributed by atoms with Crippen LogP contribution in [0.2, 0.25) is 0 Å². The molecule has 0 saturated carbocycles. The molecule has 0 bridgehead atoms. The molecular weight excluding hydrogens is 360 g/mol. The zero-order chi connectivity index (χ0) is 19.2. The lowest BCUT2D eigenvalue weighted by Crippen LogP contribution is -2.52. The first-order valence-corrected chi connectivity index (χ1v) is 11.4. The molecule has 2 aliphatic rings. The Morgan fingerprint density at radius 2 is 1.85 bits per heavy atom. The van der Waals surface area contributed by atoms with Gasteiger partial charge < -0.3 is 15.1 Å². The van der Waals surface area contributed by atoms with Crippen molar-refractivity contribution in [3.8, 4) is 0 Å². The van der Waals surface area contributed by atoms with E-state index in [2.05, 4.69) is 46.3 Å². The van der Waals surface area contributed by atoms with Crippen LogP contribution in [-0.4, -0.2) is 82.9 Å². The molecule has 2 saturated heterocycles. The average molecular weight is 393 g/mol. The summed E-state index contributed by atoms with van der Waals surface area (Å²) in [4.78, 5) is 19.2. The summed E-state index contributed by atoms with van der Waals surface area (Å²) in [5.74, 6) is 0.588. The van der Waals surface area contributed by atoms with Crippen LogP contribution in [0.4, 0.5) is 10.5 Å². The van der Waals surface area contributed by atoms with Crippen molar-refractivity contribution in [3.05, 3.63) is 30.3 Å². The number of carbonyl (C=O) groups is 1. The number of amides is 2. The van der Waals surface area contributed by atoms with E-state index in [0.29, 0.717) is 18.8 Å². The maximum Gasteiger partial charge on any atom is 0.317 e. The van der Waals surface area contributed by atoms with E-state index in [0.717, 1.165) is 39.1 Å². The van der Waals surface area contributed by atoms with Crippen molar-refractivity contribution in [2.24, 2.45) is 0 Å². The van der Waals surface area contributed by atoms with E-state index in [9.17, 15) is 9.00 Å². The fourth-order valence-corrected chi connectivity index (χ4v) is 4.92. The van der Waals surface area contributed by atoms with Gasteiger partial charge >= 0.3 is 6.03 Å². The number of anilines is 1. The van der Waals surface area contributed by atoms with Crippen LogP contribution in [0.3, 0.4) is 0 Å². The standard InChI is InChI=1S/C20H32N4O2S/c1-17(21-20(25)24-9-8-18(2)27(26)15-14-24)16-22-10-12-23(13-11-22)19-6-4-3-5-7-19/h3-7,17-18H,8-16H2,1-2H3,(H,21,25)/t17-,18-,27-/m1/s1. The van der Waals surface area contributed by atoms with Crippen LogP contribution in [0.25, 0.3) is 0 Å². The molecule has 0 aromatic heterocycles. The Morgan fingerprint density at radius 3 is 2.56 bits per heavy atom. The Hall–Kier alpha value is -1.60. The van der Waals surface area contributed by atoms with Crippen LogP contribution in [0.1, 0.15) is 20.3 Å². The number of hydrogen-bond acceptors (Lipinski definition) is 4. The minimum Gasteiger partial charge on any atom is -0.369 e. The number of carbonyl (C=O) groups excluding carboxylic acids is 1. The highest BCUT2D eigenvalue weighted by atomic mass is 32.2. The number of benzene rings is 1. The zero-order valence-corrected chi connectivity index (χ0v) is 17.3. The van der Waals surface area contributed by atoms with Gasteiger partial charge in [-0.2, -0.15) is 0 Å². The fraction of sp³-hybridized carbons (Fsp3) is 0.650. The minimum atomic E-state index is -0.812. The summed E-state index contributed by atoms with van der Waals surface area (Å²) in [6.45, 7) is 10.3. The van der Waals surface area contributed by atoms with Crippen molar-refractivity contribution in [3.63, 3.8) is 0 Å². The van der Waals surface area contributed by atoms with E-state index in [1.165, 1.54) is 5.69 Å². The Morgan fingerprint density at radius 1 is 1.15 bits per heavy atom. The van der Waals surface area contributed by atoms with Gasteiger partial charge in [-0.15, -0.1) is 0 Å². The van der Waals surface area contributed by atoms with Crippen molar-refractivity contribution >= 4 is 22.5 Å². The molecule has 2 fully saturated rings. The van der Waals surface area contributed by atoms with Gasteiger partial charge in [0.15, 0.2) is 0 Å². The second-order valence-electron chi connectivity index (χ2n) is 7.64. The summed E-state index contributed by atoms with van der Waals surface area (Å²) in [7, 11) is -0.812. The predicted molar refractivity (Wildman–Crippen MR) is 112 cm³/mol. The van der Waals surface area contributed by atoms with E-state index < -0.39 is 10.8 Å². The van der Waals surface area contributed by atoms with Crippen LogP contribution in [0.15, 0.2) is 30.3 Å². The highest BCUT2D eigenvalue weighted by molar-refractivity contribution is 7.85. The smallest absolute Gasteiger partial charge is 0.317 e.